The lowest BCUT2D eigenvalue weighted by molar-refractivity contribution is -0.158. The van der Waals surface area contributed by atoms with Gasteiger partial charge in [-0.15, -0.1) is 0 Å². The van der Waals surface area contributed by atoms with Crippen LogP contribution in [0.5, 0.6) is 0 Å². The Morgan fingerprint density at radius 2 is 1.87 bits per heavy atom. The SMILES string of the molecule is COCC12CN(C(=O)O)CC(=O)N1CC1(CCN(Cc3ccccc3)CC1)N2CCO. The van der Waals surface area contributed by atoms with E-state index in [1.807, 2.05) is 23.1 Å². The van der Waals surface area contributed by atoms with Crippen molar-refractivity contribution in [3.05, 3.63) is 35.9 Å². The maximum Gasteiger partial charge on any atom is 0.407 e. The van der Waals surface area contributed by atoms with Crippen LogP contribution in [0.4, 0.5) is 4.79 Å². The fraction of sp³-hybridized carbons (Fsp3) is 0.636. The number of carbonyl (C=O) groups is 2. The summed E-state index contributed by atoms with van der Waals surface area (Å²) in [6.45, 7) is 3.74. The summed E-state index contributed by atoms with van der Waals surface area (Å²) in [7, 11) is 1.57. The van der Waals surface area contributed by atoms with Gasteiger partial charge in [-0.25, -0.2) is 4.79 Å². The summed E-state index contributed by atoms with van der Waals surface area (Å²) < 4.78 is 5.53. The molecule has 0 aromatic heterocycles. The number of nitrogens with zero attached hydrogens (tertiary/aromatic N) is 4. The number of ether oxygens (including phenoxy) is 1. The summed E-state index contributed by atoms with van der Waals surface area (Å²) in [6.07, 6.45) is 0.593. The molecule has 1 aromatic carbocycles. The van der Waals surface area contributed by atoms with Crippen LogP contribution < -0.4 is 0 Å². The van der Waals surface area contributed by atoms with E-state index in [2.05, 4.69) is 21.9 Å². The predicted octanol–water partition coefficient (Wildman–Crippen LogP) is 0.494. The highest BCUT2D eigenvalue weighted by molar-refractivity contribution is 5.84. The predicted molar refractivity (Wildman–Crippen MR) is 113 cm³/mol. The van der Waals surface area contributed by atoms with Crippen molar-refractivity contribution in [3.8, 4) is 0 Å². The Balaban J connectivity index is 1.58. The van der Waals surface area contributed by atoms with Gasteiger partial charge in [0, 0.05) is 45.4 Å². The number of benzene rings is 1. The van der Waals surface area contributed by atoms with Crippen molar-refractivity contribution in [3.63, 3.8) is 0 Å². The van der Waals surface area contributed by atoms with Crippen LogP contribution in [0.3, 0.4) is 0 Å². The number of carboxylic acid groups (broad SMARTS) is 1. The Kier molecular flexibility index (Phi) is 6.20. The van der Waals surface area contributed by atoms with Crippen LogP contribution in [-0.4, -0.2) is 113 Å². The van der Waals surface area contributed by atoms with Crippen LogP contribution in [0.15, 0.2) is 30.3 Å². The Morgan fingerprint density at radius 3 is 2.48 bits per heavy atom. The normalized spacial score (nSPS) is 26.5. The van der Waals surface area contributed by atoms with Gasteiger partial charge < -0.3 is 19.8 Å². The molecular weight excluding hydrogens is 400 g/mol. The fourth-order valence-electron chi connectivity index (χ4n) is 5.73. The van der Waals surface area contributed by atoms with Crippen LogP contribution in [0.1, 0.15) is 18.4 Å². The van der Waals surface area contributed by atoms with Crippen LogP contribution >= 0.6 is 0 Å². The first kappa shape index (κ1) is 22.0. The monoisotopic (exact) mass is 432 g/mol. The van der Waals surface area contributed by atoms with Gasteiger partial charge in [0.2, 0.25) is 5.91 Å². The molecule has 3 saturated heterocycles. The molecule has 0 saturated carbocycles. The second-order valence-corrected chi connectivity index (χ2v) is 8.90. The number of aliphatic hydroxyl groups is 1. The van der Waals surface area contributed by atoms with E-state index >= 15 is 0 Å². The van der Waals surface area contributed by atoms with Gasteiger partial charge in [0.1, 0.15) is 12.2 Å². The zero-order valence-electron chi connectivity index (χ0n) is 18.1. The van der Waals surface area contributed by atoms with Gasteiger partial charge in [-0.2, -0.15) is 0 Å². The average molecular weight is 433 g/mol. The first-order valence-electron chi connectivity index (χ1n) is 10.9. The molecule has 1 spiro atoms. The minimum atomic E-state index is -1.11. The molecular formula is C22H32N4O5. The van der Waals surface area contributed by atoms with Crippen molar-refractivity contribution in [1.29, 1.82) is 0 Å². The minimum absolute atomic E-state index is 0.0595. The van der Waals surface area contributed by atoms with E-state index in [0.717, 1.165) is 32.5 Å². The highest BCUT2D eigenvalue weighted by Crippen LogP contribution is 2.45. The van der Waals surface area contributed by atoms with Crippen LogP contribution in [-0.2, 0) is 16.1 Å². The second kappa shape index (κ2) is 8.74. The Labute approximate surface area is 182 Å². The number of amides is 2. The van der Waals surface area contributed by atoms with Crippen molar-refractivity contribution >= 4 is 12.0 Å². The molecule has 0 bridgehead atoms. The summed E-state index contributed by atoms with van der Waals surface area (Å²) in [6, 6.07) is 10.4. The molecule has 1 aromatic rings. The first-order chi connectivity index (χ1) is 14.9. The van der Waals surface area contributed by atoms with E-state index in [0.29, 0.717) is 13.1 Å². The lowest BCUT2D eigenvalue weighted by atomic mass is 9.85. The number of rotatable bonds is 6. The van der Waals surface area contributed by atoms with Crippen molar-refractivity contribution in [2.75, 3.05) is 59.6 Å². The Morgan fingerprint density at radius 1 is 1.16 bits per heavy atom. The number of methoxy groups -OCH3 is 1. The molecule has 1 unspecified atom stereocenters. The molecule has 3 fully saturated rings. The second-order valence-electron chi connectivity index (χ2n) is 8.90. The van der Waals surface area contributed by atoms with Gasteiger partial charge in [0.15, 0.2) is 0 Å². The molecule has 9 nitrogen and oxygen atoms in total. The number of hydrogen-bond donors (Lipinski definition) is 2. The molecule has 170 valence electrons. The number of hydrogen-bond acceptors (Lipinski definition) is 6. The average Bonchev–Trinajstić information content (AvgIpc) is 3.01. The smallest absolute Gasteiger partial charge is 0.407 e. The zero-order chi connectivity index (χ0) is 22.1. The Bertz CT molecular complexity index is 798. The number of piperazine rings is 1. The summed E-state index contributed by atoms with van der Waals surface area (Å²) in [4.78, 5) is 32.3. The molecule has 3 aliphatic rings. The third-order valence-electron chi connectivity index (χ3n) is 7.11. The largest absolute Gasteiger partial charge is 0.465 e. The molecule has 1 atom stereocenters. The lowest BCUT2D eigenvalue weighted by Gasteiger charge is -2.52. The maximum atomic E-state index is 13.0. The molecule has 3 heterocycles. The standard InChI is InChI=1S/C22H32N4O5/c1-31-17-22-16-24(20(29)30)14-19(28)25(22)15-21(26(22)11-12-27)7-9-23(10-8-21)13-18-5-3-2-4-6-18/h2-6,27H,7-17H2,1H3,(H,29,30). The highest BCUT2D eigenvalue weighted by Gasteiger charge is 2.63. The highest BCUT2D eigenvalue weighted by atomic mass is 16.5. The van der Waals surface area contributed by atoms with Crippen LogP contribution in [0.2, 0.25) is 0 Å². The van der Waals surface area contributed by atoms with E-state index in [1.165, 1.54) is 10.5 Å². The van der Waals surface area contributed by atoms with Crippen molar-refractivity contribution in [2.45, 2.75) is 30.6 Å². The van der Waals surface area contributed by atoms with Gasteiger partial charge in [-0.05, 0) is 18.4 Å². The van der Waals surface area contributed by atoms with E-state index in [4.69, 9.17) is 4.74 Å². The van der Waals surface area contributed by atoms with Crippen molar-refractivity contribution in [1.82, 2.24) is 19.6 Å². The third-order valence-corrected chi connectivity index (χ3v) is 7.11. The number of fused-ring (bicyclic) bond motifs is 1. The van der Waals surface area contributed by atoms with Gasteiger partial charge in [-0.3, -0.25) is 19.5 Å². The Hall–Kier alpha value is -2.20. The molecule has 9 heteroatoms. The quantitative estimate of drug-likeness (QED) is 0.676. The summed E-state index contributed by atoms with van der Waals surface area (Å²) in [5, 5.41) is 19.5. The molecule has 0 aliphatic carbocycles. The van der Waals surface area contributed by atoms with Gasteiger partial charge in [0.25, 0.3) is 0 Å². The maximum absolute atomic E-state index is 13.0. The van der Waals surface area contributed by atoms with E-state index < -0.39 is 11.8 Å². The lowest BCUT2D eigenvalue weighted by Crippen LogP contribution is -2.71. The van der Waals surface area contributed by atoms with Gasteiger partial charge >= 0.3 is 6.09 Å². The van der Waals surface area contributed by atoms with E-state index in [1.54, 1.807) is 7.11 Å². The van der Waals surface area contributed by atoms with Crippen molar-refractivity contribution < 1.29 is 24.5 Å². The van der Waals surface area contributed by atoms with E-state index in [9.17, 15) is 19.8 Å². The van der Waals surface area contributed by atoms with Gasteiger partial charge in [-0.1, -0.05) is 30.3 Å². The molecule has 0 radical (unpaired) electrons. The topological polar surface area (TPSA) is 96.8 Å². The summed E-state index contributed by atoms with van der Waals surface area (Å²) >= 11 is 0. The molecule has 4 rings (SSSR count). The van der Waals surface area contributed by atoms with Gasteiger partial charge in [0.05, 0.1) is 19.8 Å². The number of carbonyl (C=O) groups excluding carboxylic acids is 1. The number of aliphatic hydroxyl groups excluding tert-OH is 1. The molecule has 3 aliphatic heterocycles. The summed E-state index contributed by atoms with van der Waals surface area (Å²) in [5.74, 6) is -0.197. The number of likely N-dealkylation sites (tertiary alicyclic amines) is 1. The third kappa shape index (κ3) is 3.91. The molecule has 2 N–H and O–H groups in total. The van der Waals surface area contributed by atoms with Crippen LogP contribution in [0.25, 0.3) is 0 Å². The summed E-state index contributed by atoms with van der Waals surface area (Å²) in [5.41, 5.74) is 0.100. The molecule has 2 amide bonds. The molecule has 31 heavy (non-hydrogen) atoms. The number of β-amino-alcohol motifs (C(OH)–C–C–N with tert-alkyl or cyclic N) is 1. The van der Waals surface area contributed by atoms with Crippen LogP contribution in [0, 0.1) is 0 Å². The fourth-order valence-corrected chi connectivity index (χ4v) is 5.73. The zero-order valence-corrected chi connectivity index (χ0v) is 18.1. The number of piperidine rings is 1. The minimum Gasteiger partial charge on any atom is -0.465 e. The van der Waals surface area contributed by atoms with E-state index in [-0.39, 0.29) is 37.7 Å². The first-order valence-corrected chi connectivity index (χ1v) is 10.9. The van der Waals surface area contributed by atoms with Crippen molar-refractivity contribution in [2.24, 2.45) is 0 Å².